The van der Waals surface area contributed by atoms with Crippen LogP contribution in [0.2, 0.25) is 0 Å². The molecule has 0 aliphatic rings. The first-order chi connectivity index (χ1) is 7.49. The Bertz CT molecular complexity index is 377. The number of benzene rings is 1. The summed E-state index contributed by atoms with van der Waals surface area (Å²) in [4.78, 5) is 11.6. The second kappa shape index (κ2) is 5.29. The average Bonchev–Trinajstić information content (AvgIpc) is 2.26. The Morgan fingerprint density at radius 1 is 1.25 bits per heavy atom. The van der Waals surface area contributed by atoms with Crippen molar-refractivity contribution in [3.8, 4) is 0 Å². The molecule has 0 saturated carbocycles. The van der Waals surface area contributed by atoms with Crippen molar-refractivity contribution in [1.29, 1.82) is 0 Å². The molecule has 0 heterocycles. The Labute approximate surface area is 98.9 Å². The molecule has 1 rings (SSSR count). The van der Waals surface area contributed by atoms with E-state index < -0.39 is 0 Å². The summed E-state index contributed by atoms with van der Waals surface area (Å²) >= 11 is 0. The molecular weight excluding hydrogens is 196 g/mol. The van der Waals surface area contributed by atoms with Crippen molar-refractivity contribution in [3.63, 3.8) is 0 Å². The maximum absolute atomic E-state index is 11.6. The van der Waals surface area contributed by atoms with Gasteiger partial charge in [0.05, 0.1) is 0 Å². The van der Waals surface area contributed by atoms with Crippen LogP contribution in [0.5, 0.6) is 0 Å². The molecule has 0 aromatic heterocycles. The highest BCUT2D eigenvalue weighted by atomic mass is 16.1. The van der Waals surface area contributed by atoms with E-state index in [1.54, 1.807) is 6.92 Å². The first kappa shape index (κ1) is 13.0. The van der Waals surface area contributed by atoms with Crippen LogP contribution in [0.3, 0.4) is 0 Å². The minimum Gasteiger partial charge on any atom is -0.295 e. The minimum absolute atomic E-state index is 0.175. The quantitative estimate of drug-likeness (QED) is 0.679. The summed E-state index contributed by atoms with van der Waals surface area (Å²) in [5.41, 5.74) is 3.47. The highest BCUT2D eigenvalue weighted by Crippen LogP contribution is 2.31. The van der Waals surface area contributed by atoms with Crippen LogP contribution in [0.1, 0.15) is 74.4 Å². The van der Waals surface area contributed by atoms with Gasteiger partial charge in [0.15, 0.2) is 5.78 Å². The van der Waals surface area contributed by atoms with Crippen molar-refractivity contribution in [1.82, 2.24) is 0 Å². The number of hydrogen-bond acceptors (Lipinski definition) is 1. The molecule has 0 radical (unpaired) electrons. The molecule has 1 atom stereocenters. The van der Waals surface area contributed by atoms with Gasteiger partial charge < -0.3 is 0 Å². The lowest BCUT2D eigenvalue weighted by Gasteiger charge is -2.20. The molecule has 0 fully saturated rings. The average molecular weight is 218 g/mol. The summed E-state index contributed by atoms with van der Waals surface area (Å²) in [6.07, 6.45) is 1.11. The van der Waals surface area contributed by atoms with Gasteiger partial charge in [0, 0.05) is 5.56 Å². The lowest BCUT2D eigenvalue weighted by atomic mass is 9.84. The molecule has 0 amide bonds. The van der Waals surface area contributed by atoms with Gasteiger partial charge in [0.1, 0.15) is 0 Å². The fraction of sp³-hybridized carbons (Fsp3) is 0.533. The number of ketones is 1. The van der Waals surface area contributed by atoms with E-state index >= 15 is 0 Å². The molecule has 1 unspecified atom stereocenters. The molecule has 0 N–H and O–H groups in total. The zero-order chi connectivity index (χ0) is 12.3. The molecule has 1 nitrogen and oxygen atoms in total. The third-order valence-corrected chi connectivity index (χ3v) is 3.24. The van der Waals surface area contributed by atoms with E-state index in [-0.39, 0.29) is 5.78 Å². The van der Waals surface area contributed by atoms with Crippen molar-refractivity contribution >= 4 is 5.78 Å². The SMILES string of the molecule is CCC(C)c1cccc(C(C)=O)c1C(C)C. The van der Waals surface area contributed by atoms with Crippen LogP contribution in [0.4, 0.5) is 0 Å². The Morgan fingerprint density at radius 3 is 2.31 bits per heavy atom. The lowest BCUT2D eigenvalue weighted by Crippen LogP contribution is -2.07. The third kappa shape index (κ3) is 2.52. The minimum atomic E-state index is 0.175. The van der Waals surface area contributed by atoms with E-state index in [9.17, 15) is 4.79 Å². The Morgan fingerprint density at radius 2 is 1.88 bits per heavy atom. The Balaban J connectivity index is 3.38. The fourth-order valence-electron chi connectivity index (χ4n) is 2.18. The van der Waals surface area contributed by atoms with Crippen LogP contribution < -0.4 is 0 Å². The van der Waals surface area contributed by atoms with Crippen molar-refractivity contribution in [2.75, 3.05) is 0 Å². The largest absolute Gasteiger partial charge is 0.295 e. The predicted octanol–water partition coefficient (Wildman–Crippen LogP) is 4.53. The zero-order valence-corrected chi connectivity index (χ0v) is 11.0. The number of rotatable bonds is 4. The zero-order valence-electron chi connectivity index (χ0n) is 11.0. The first-order valence-corrected chi connectivity index (χ1v) is 6.12. The lowest BCUT2D eigenvalue weighted by molar-refractivity contribution is 0.101. The van der Waals surface area contributed by atoms with Gasteiger partial charge in [0.25, 0.3) is 0 Å². The second-order valence-electron chi connectivity index (χ2n) is 4.83. The van der Waals surface area contributed by atoms with Gasteiger partial charge >= 0.3 is 0 Å². The van der Waals surface area contributed by atoms with Gasteiger partial charge in [-0.25, -0.2) is 0 Å². The molecule has 0 spiro atoms. The summed E-state index contributed by atoms with van der Waals surface area (Å²) in [5.74, 6) is 1.11. The van der Waals surface area contributed by atoms with E-state index in [1.165, 1.54) is 11.1 Å². The standard InChI is InChI=1S/C15H22O/c1-6-11(4)13-8-7-9-14(12(5)16)15(13)10(2)3/h7-11H,6H2,1-5H3. The van der Waals surface area contributed by atoms with E-state index in [0.717, 1.165) is 12.0 Å². The highest BCUT2D eigenvalue weighted by Gasteiger charge is 2.17. The van der Waals surface area contributed by atoms with Gasteiger partial charge in [-0.05, 0) is 36.3 Å². The van der Waals surface area contributed by atoms with Gasteiger partial charge in [-0.3, -0.25) is 4.79 Å². The maximum Gasteiger partial charge on any atom is 0.160 e. The molecule has 1 aromatic rings. The van der Waals surface area contributed by atoms with Crippen molar-refractivity contribution in [2.24, 2.45) is 0 Å². The van der Waals surface area contributed by atoms with Gasteiger partial charge in [0.2, 0.25) is 0 Å². The molecular formula is C15H22O. The molecule has 88 valence electrons. The fourth-order valence-corrected chi connectivity index (χ4v) is 2.18. The summed E-state index contributed by atoms with van der Waals surface area (Å²) in [6.45, 7) is 10.4. The molecule has 0 aliphatic heterocycles. The van der Waals surface area contributed by atoms with E-state index in [0.29, 0.717) is 11.8 Å². The van der Waals surface area contributed by atoms with Crippen LogP contribution >= 0.6 is 0 Å². The second-order valence-corrected chi connectivity index (χ2v) is 4.83. The molecule has 0 aliphatic carbocycles. The summed E-state index contributed by atoms with van der Waals surface area (Å²) in [5, 5.41) is 0. The Hall–Kier alpha value is -1.11. The monoisotopic (exact) mass is 218 g/mol. The van der Waals surface area contributed by atoms with Gasteiger partial charge in [-0.1, -0.05) is 45.9 Å². The van der Waals surface area contributed by atoms with E-state index in [2.05, 4.69) is 33.8 Å². The van der Waals surface area contributed by atoms with Crippen molar-refractivity contribution in [2.45, 2.75) is 52.9 Å². The van der Waals surface area contributed by atoms with Crippen LogP contribution in [-0.4, -0.2) is 5.78 Å². The smallest absolute Gasteiger partial charge is 0.160 e. The van der Waals surface area contributed by atoms with E-state index in [4.69, 9.17) is 0 Å². The summed E-state index contributed by atoms with van der Waals surface area (Å²) in [6, 6.07) is 6.11. The van der Waals surface area contributed by atoms with Crippen molar-refractivity contribution in [3.05, 3.63) is 34.9 Å². The third-order valence-electron chi connectivity index (χ3n) is 3.24. The summed E-state index contributed by atoms with van der Waals surface area (Å²) < 4.78 is 0. The predicted molar refractivity (Wildman–Crippen MR) is 69.2 cm³/mol. The van der Waals surface area contributed by atoms with Crippen molar-refractivity contribution < 1.29 is 4.79 Å². The van der Waals surface area contributed by atoms with Crippen LogP contribution in [0, 0.1) is 0 Å². The molecule has 0 bridgehead atoms. The number of hydrogen-bond donors (Lipinski definition) is 0. The molecule has 1 heteroatoms. The van der Waals surface area contributed by atoms with E-state index in [1.807, 2.05) is 12.1 Å². The first-order valence-electron chi connectivity index (χ1n) is 6.12. The highest BCUT2D eigenvalue weighted by molar-refractivity contribution is 5.96. The number of carbonyl (C=O) groups excluding carboxylic acids is 1. The molecule has 16 heavy (non-hydrogen) atoms. The topological polar surface area (TPSA) is 17.1 Å². The molecule has 1 aromatic carbocycles. The van der Waals surface area contributed by atoms with Crippen LogP contribution in [0.25, 0.3) is 0 Å². The van der Waals surface area contributed by atoms with Crippen LogP contribution in [-0.2, 0) is 0 Å². The maximum atomic E-state index is 11.6. The Kier molecular flexibility index (Phi) is 4.28. The van der Waals surface area contributed by atoms with Gasteiger partial charge in [-0.2, -0.15) is 0 Å². The number of Topliss-reactive ketones (excluding diaryl/α,β-unsaturated/α-hetero) is 1. The normalized spacial score (nSPS) is 12.9. The van der Waals surface area contributed by atoms with Crippen LogP contribution in [0.15, 0.2) is 18.2 Å². The number of carbonyl (C=O) groups is 1. The molecule has 0 saturated heterocycles. The summed E-state index contributed by atoms with van der Waals surface area (Å²) in [7, 11) is 0. The van der Waals surface area contributed by atoms with Gasteiger partial charge in [-0.15, -0.1) is 0 Å².